The number of aromatic hydroxyl groups is 3. The van der Waals surface area contributed by atoms with Crippen LogP contribution >= 0.6 is 0 Å². The Hall–Kier alpha value is -3.02. The van der Waals surface area contributed by atoms with Crippen molar-refractivity contribution in [3.63, 3.8) is 0 Å². The van der Waals surface area contributed by atoms with Crippen molar-refractivity contribution in [2.45, 2.75) is 32.0 Å². The first kappa shape index (κ1) is 20.7. The largest absolute Gasteiger partial charge is 0.508 e. The fourth-order valence-electron chi connectivity index (χ4n) is 3.46. The summed E-state index contributed by atoms with van der Waals surface area (Å²) in [6, 6.07) is 21.5. The van der Waals surface area contributed by atoms with Crippen LogP contribution in [0.4, 0.5) is 0 Å². The zero-order chi connectivity index (χ0) is 20.8. The highest BCUT2D eigenvalue weighted by Gasteiger charge is 2.20. The van der Waals surface area contributed by atoms with Crippen LogP contribution in [0.3, 0.4) is 0 Å². The number of aliphatic hydroxyl groups is 1. The van der Waals surface area contributed by atoms with E-state index in [4.69, 9.17) is 0 Å². The van der Waals surface area contributed by atoms with Crippen LogP contribution in [-0.4, -0.2) is 37.9 Å². The topological polar surface area (TPSA) is 84.2 Å². The summed E-state index contributed by atoms with van der Waals surface area (Å²) in [4.78, 5) is 2.17. The van der Waals surface area contributed by atoms with E-state index in [-0.39, 0.29) is 23.3 Å². The van der Waals surface area contributed by atoms with Crippen molar-refractivity contribution in [3.8, 4) is 17.2 Å². The second-order valence-electron chi connectivity index (χ2n) is 7.43. The number of phenolic OH excluding ortho intramolecular Hbond substituents is 3. The standard InChI is InChI=1S/C24H27NO4/c1-17(11-18-7-9-21(26)10-8-18)25(15-19-5-3-2-4-6-19)16-24(29)20-12-22(27)14-23(28)13-20/h2-10,12-14,17,24,26-29H,11,15-16H2,1H3. The quantitative estimate of drug-likeness (QED) is 0.465. The number of phenols is 3. The van der Waals surface area contributed by atoms with Gasteiger partial charge in [-0.1, -0.05) is 42.5 Å². The van der Waals surface area contributed by atoms with Gasteiger partial charge in [0.15, 0.2) is 0 Å². The first-order chi connectivity index (χ1) is 13.9. The molecule has 0 saturated carbocycles. The SMILES string of the molecule is CC(Cc1ccc(O)cc1)N(Cc1ccccc1)CC(O)c1cc(O)cc(O)c1. The second kappa shape index (κ2) is 9.45. The van der Waals surface area contributed by atoms with Gasteiger partial charge in [0.1, 0.15) is 17.2 Å². The zero-order valence-corrected chi connectivity index (χ0v) is 16.4. The molecule has 0 heterocycles. The summed E-state index contributed by atoms with van der Waals surface area (Å²) in [5.41, 5.74) is 2.70. The molecule has 0 aromatic heterocycles. The molecule has 5 heteroatoms. The van der Waals surface area contributed by atoms with Crippen molar-refractivity contribution in [3.05, 3.63) is 89.5 Å². The van der Waals surface area contributed by atoms with Crippen LogP contribution in [0.5, 0.6) is 17.2 Å². The Bertz CT molecular complexity index is 892. The highest BCUT2D eigenvalue weighted by molar-refractivity contribution is 5.37. The molecule has 0 aliphatic heterocycles. The summed E-state index contributed by atoms with van der Waals surface area (Å²) < 4.78 is 0. The first-order valence-electron chi connectivity index (χ1n) is 9.67. The average Bonchev–Trinajstić information content (AvgIpc) is 2.69. The molecule has 4 N–H and O–H groups in total. The fraction of sp³-hybridized carbons (Fsp3) is 0.250. The van der Waals surface area contributed by atoms with E-state index in [0.29, 0.717) is 18.7 Å². The molecular formula is C24H27NO4. The van der Waals surface area contributed by atoms with E-state index in [9.17, 15) is 20.4 Å². The molecular weight excluding hydrogens is 366 g/mol. The molecule has 0 radical (unpaired) electrons. The lowest BCUT2D eigenvalue weighted by Crippen LogP contribution is -2.37. The molecule has 0 saturated heterocycles. The number of hydrogen-bond donors (Lipinski definition) is 4. The Morgan fingerprint density at radius 2 is 1.38 bits per heavy atom. The van der Waals surface area contributed by atoms with Gasteiger partial charge in [-0.15, -0.1) is 0 Å². The van der Waals surface area contributed by atoms with Crippen molar-refractivity contribution < 1.29 is 20.4 Å². The lowest BCUT2D eigenvalue weighted by atomic mass is 10.0. The second-order valence-corrected chi connectivity index (χ2v) is 7.43. The normalized spacial score (nSPS) is 13.3. The molecule has 0 spiro atoms. The maximum absolute atomic E-state index is 10.8. The number of nitrogens with zero attached hydrogens (tertiary/aromatic N) is 1. The summed E-state index contributed by atoms with van der Waals surface area (Å²) in [6.07, 6.45) is -0.107. The molecule has 3 rings (SSSR count). The van der Waals surface area contributed by atoms with Crippen LogP contribution in [0, 0.1) is 0 Å². The fourth-order valence-corrected chi connectivity index (χ4v) is 3.46. The van der Waals surface area contributed by atoms with Gasteiger partial charge in [-0.3, -0.25) is 4.90 Å². The van der Waals surface area contributed by atoms with Gasteiger partial charge in [0, 0.05) is 25.2 Å². The van der Waals surface area contributed by atoms with E-state index in [1.165, 1.54) is 18.2 Å². The van der Waals surface area contributed by atoms with Crippen molar-refractivity contribution in [1.82, 2.24) is 4.90 Å². The highest BCUT2D eigenvalue weighted by atomic mass is 16.3. The van der Waals surface area contributed by atoms with Crippen LogP contribution in [0.15, 0.2) is 72.8 Å². The molecule has 0 bridgehead atoms. The number of hydrogen-bond acceptors (Lipinski definition) is 5. The van der Waals surface area contributed by atoms with E-state index in [0.717, 1.165) is 17.5 Å². The minimum atomic E-state index is -0.862. The molecule has 29 heavy (non-hydrogen) atoms. The summed E-state index contributed by atoms with van der Waals surface area (Å²) in [5.74, 6) is 0.0817. The maximum atomic E-state index is 10.8. The maximum Gasteiger partial charge on any atom is 0.119 e. The van der Waals surface area contributed by atoms with Crippen LogP contribution in [0.2, 0.25) is 0 Å². The Balaban J connectivity index is 1.78. The van der Waals surface area contributed by atoms with Crippen molar-refractivity contribution in [2.24, 2.45) is 0 Å². The summed E-state index contributed by atoms with van der Waals surface area (Å²) in [7, 11) is 0. The molecule has 3 aromatic carbocycles. The molecule has 2 unspecified atom stereocenters. The minimum Gasteiger partial charge on any atom is -0.508 e. The van der Waals surface area contributed by atoms with Crippen LogP contribution in [-0.2, 0) is 13.0 Å². The highest BCUT2D eigenvalue weighted by Crippen LogP contribution is 2.26. The molecule has 3 aromatic rings. The van der Waals surface area contributed by atoms with Gasteiger partial charge in [-0.05, 0) is 54.3 Å². The smallest absolute Gasteiger partial charge is 0.119 e. The van der Waals surface area contributed by atoms with E-state index < -0.39 is 6.10 Å². The Kier molecular flexibility index (Phi) is 6.75. The number of benzene rings is 3. The molecule has 2 atom stereocenters. The molecule has 5 nitrogen and oxygen atoms in total. The Morgan fingerprint density at radius 3 is 2.00 bits per heavy atom. The van der Waals surface area contributed by atoms with Gasteiger partial charge in [-0.2, -0.15) is 0 Å². The van der Waals surface area contributed by atoms with Gasteiger partial charge >= 0.3 is 0 Å². The monoisotopic (exact) mass is 393 g/mol. The van der Waals surface area contributed by atoms with Crippen LogP contribution in [0.1, 0.15) is 29.7 Å². The van der Waals surface area contributed by atoms with Gasteiger partial charge < -0.3 is 20.4 Å². The summed E-state index contributed by atoms with van der Waals surface area (Å²) >= 11 is 0. The first-order valence-corrected chi connectivity index (χ1v) is 9.67. The predicted molar refractivity (Wildman–Crippen MR) is 113 cm³/mol. The van der Waals surface area contributed by atoms with E-state index in [1.54, 1.807) is 12.1 Å². The van der Waals surface area contributed by atoms with Gasteiger partial charge in [0.25, 0.3) is 0 Å². The third-order valence-electron chi connectivity index (χ3n) is 5.04. The predicted octanol–water partition coefficient (Wildman–Crippen LogP) is 3.97. The third kappa shape index (κ3) is 5.98. The number of rotatable bonds is 8. The minimum absolute atomic E-state index is 0.0780. The average molecular weight is 393 g/mol. The lowest BCUT2D eigenvalue weighted by Gasteiger charge is -2.31. The Morgan fingerprint density at radius 1 is 0.759 bits per heavy atom. The summed E-state index contributed by atoms with van der Waals surface area (Å²) in [6.45, 7) is 3.10. The zero-order valence-electron chi connectivity index (χ0n) is 16.4. The van der Waals surface area contributed by atoms with Gasteiger partial charge in [0.05, 0.1) is 6.10 Å². The van der Waals surface area contributed by atoms with Gasteiger partial charge in [-0.25, -0.2) is 0 Å². The Labute approximate surface area is 171 Å². The van der Waals surface area contributed by atoms with E-state index in [2.05, 4.69) is 11.8 Å². The lowest BCUT2D eigenvalue weighted by molar-refractivity contribution is 0.0856. The van der Waals surface area contributed by atoms with E-state index >= 15 is 0 Å². The molecule has 0 fully saturated rings. The van der Waals surface area contributed by atoms with Crippen molar-refractivity contribution in [1.29, 1.82) is 0 Å². The van der Waals surface area contributed by atoms with Crippen LogP contribution in [0.25, 0.3) is 0 Å². The molecule has 0 aliphatic rings. The van der Waals surface area contributed by atoms with Crippen molar-refractivity contribution >= 4 is 0 Å². The third-order valence-corrected chi connectivity index (χ3v) is 5.04. The number of aliphatic hydroxyl groups excluding tert-OH is 1. The molecule has 152 valence electrons. The van der Waals surface area contributed by atoms with E-state index in [1.807, 2.05) is 42.5 Å². The van der Waals surface area contributed by atoms with Gasteiger partial charge in [0.2, 0.25) is 0 Å². The summed E-state index contributed by atoms with van der Waals surface area (Å²) in [5, 5.41) is 39.7. The van der Waals surface area contributed by atoms with Crippen molar-refractivity contribution in [2.75, 3.05) is 6.54 Å². The van der Waals surface area contributed by atoms with Crippen LogP contribution < -0.4 is 0 Å². The molecule has 0 amide bonds. The molecule has 0 aliphatic carbocycles.